The van der Waals surface area contributed by atoms with Crippen LogP contribution in [0.2, 0.25) is 0 Å². The molecule has 0 aliphatic carbocycles. The van der Waals surface area contributed by atoms with Crippen molar-refractivity contribution in [3.05, 3.63) is 0 Å². The molecule has 0 amide bonds. The first kappa shape index (κ1) is 12.8. The summed E-state index contributed by atoms with van der Waals surface area (Å²) in [5.41, 5.74) is 0. The van der Waals surface area contributed by atoms with Crippen LogP contribution in [0.15, 0.2) is 0 Å². The summed E-state index contributed by atoms with van der Waals surface area (Å²) in [4.78, 5) is 2.42. The Labute approximate surface area is 109 Å². The fourth-order valence-electron chi connectivity index (χ4n) is 3.81. The molecular weight excluding hydrogens is 252 g/mol. The van der Waals surface area contributed by atoms with E-state index >= 15 is 0 Å². The summed E-state index contributed by atoms with van der Waals surface area (Å²) < 4.78 is 31.0. The van der Waals surface area contributed by atoms with Gasteiger partial charge in [-0.15, -0.1) is 0 Å². The molecule has 0 saturated carbocycles. The van der Waals surface area contributed by atoms with Crippen LogP contribution < -0.4 is 4.72 Å². The first-order valence-electron chi connectivity index (χ1n) is 6.88. The third kappa shape index (κ3) is 2.31. The van der Waals surface area contributed by atoms with Gasteiger partial charge in [0.25, 0.3) is 0 Å². The smallest absolute Gasteiger partial charge is 0.211 e. The van der Waals surface area contributed by atoms with Crippen LogP contribution in [0.5, 0.6) is 0 Å². The van der Waals surface area contributed by atoms with Gasteiger partial charge in [-0.2, -0.15) is 0 Å². The van der Waals surface area contributed by atoms with E-state index in [1.807, 2.05) is 0 Å². The molecule has 3 aliphatic heterocycles. The molecule has 0 spiro atoms. The Morgan fingerprint density at radius 2 is 1.83 bits per heavy atom. The van der Waals surface area contributed by atoms with Gasteiger partial charge in [0.1, 0.15) is 0 Å². The zero-order chi connectivity index (χ0) is 12.8. The number of nitrogens with one attached hydrogen (secondary N) is 1. The molecule has 0 aromatic carbocycles. The van der Waals surface area contributed by atoms with Crippen molar-refractivity contribution in [3.63, 3.8) is 0 Å². The van der Waals surface area contributed by atoms with E-state index in [-0.39, 0.29) is 5.75 Å². The van der Waals surface area contributed by atoms with Crippen molar-refractivity contribution < 1.29 is 13.2 Å². The summed E-state index contributed by atoms with van der Waals surface area (Å²) in [5, 5.41) is 0. The number of nitrogens with zero attached hydrogens (tertiary/aromatic N) is 1. The molecule has 5 nitrogen and oxygen atoms in total. The fraction of sp³-hybridized carbons (Fsp3) is 1.00. The summed E-state index contributed by atoms with van der Waals surface area (Å²) in [7, 11) is -1.56. The average molecular weight is 274 g/mol. The van der Waals surface area contributed by atoms with Crippen LogP contribution in [0, 0.1) is 11.8 Å². The van der Waals surface area contributed by atoms with E-state index in [0.717, 1.165) is 26.1 Å². The molecule has 3 rings (SSSR count). The highest BCUT2D eigenvalue weighted by Gasteiger charge is 2.52. The minimum Gasteiger partial charge on any atom is -0.374 e. The van der Waals surface area contributed by atoms with Crippen molar-refractivity contribution in [1.29, 1.82) is 0 Å². The van der Waals surface area contributed by atoms with Crippen molar-refractivity contribution in [1.82, 2.24) is 9.62 Å². The van der Waals surface area contributed by atoms with Gasteiger partial charge >= 0.3 is 0 Å². The zero-order valence-corrected chi connectivity index (χ0v) is 11.7. The van der Waals surface area contributed by atoms with Crippen molar-refractivity contribution in [2.45, 2.75) is 31.5 Å². The van der Waals surface area contributed by atoms with Crippen molar-refractivity contribution in [3.8, 4) is 0 Å². The lowest BCUT2D eigenvalue weighted by Gasteiger charge is -2.18. The summed E-state index contributed by atoms with van der Waals surface area (Å²) in [6, 6.07) is 0. The van der Waals surface area contributed by atoms with Crippen LogP contribution in [0.1, 0.15) is 19.3 Å². The van der Waals surface area contributed by atoms with Crippen LogP contribution in [-0.2, 0) is 14.8 Å². The fourth-order valence-corrected chi connectivity index (χ4v) is 4.52. The summed E-state index contributed by atoms with van der Waals surface area (Å²) in [6.45, 7) is 3.10. The Morgan fingerprint density at radius 3 is 2.39 bits per heavy atom. The molecule has 3 heterocycles. The maximum Gasteiger partial charge on any atom is 0.211 e. The van der Waals surface area contributed by atoms with Gasteiger partial charge in [-0.3, -0.25) is 0 Å². The molecule has 3 fully saturated rings. The van der Waals surface area contributed by atoms with E-state index < -0.39 is 10.0 Å². The molecule has 6 heteroatoms. The maximum absolute atomic E-state index is 11.3. The minimum absolute atomic E-state index is 0.235. The van der Waals surface area contributed by atoms with E-state index in [2.05, 4.69) is 9.62 Å². The quantitative estimate of drug-likeness (QED) is 0.769. The number of rotatable bonds is 5. The zero-order valence-electron chi connectivity index (χ0n) is 10.8. The largest absolute Gasteiger partial charge is 0.374 e. The molecule has 3 aliphatic rings. The van der Waals surface area contributed by atoms with E-state index in [4.69, 9.17) is 4.74 Å². The first-order valence-corrected chi connectivity index (χ1v) is 8.53. The van der Waals surface area contributed by atoms with Crippen LogP contribution in [0.4, 0.5) is 0 Å². The highest BCUT2D eigenvalue weighted by Crippen LogP contribution is 2.47. The number of likely N-dealkylation sites (tertiary alicyclic amines) is 1. The predicted octanol–water partition coefficient (Wildman–Crippen LogP) is 0.0349. The van der Waals surface area contributed by atoms with Crippen LogP contribution in [-0.4, -0.2) is 58.0 Å². The summed E-state index contributed by atoms with van der Waals surface area (Å²) in [5.74, 6) is 1.66. The molecule has 0 aromatic rings. The number of hydrogen-bond acceptors (Lipinski definition) is 4. The van der Waals surface area contributed by atoms with Gasteiger partial charge in [0, 0.05) is 24.9 Å². The Morgan fingerprint density at radius 1 is 1.22 bits per heavy atom. The number of fused-ring (bicyclic) bond motifs is 5. The van der Waals surface area contributed by atoms with E-state index in [1.54, 1.807) is 0 Å². The highest BCUT2D eigenvalue weighted by atomic mass is 32.2. The summed E-state index contributed by atoms with van der Waals surface area (Å²) >= 11 is 0. The number of ether oxygens (including phenoxy) is 1. The molecular formula is C12H22N2O3S. The van der Waals surface area contributed by atoms with Crippen LogP contribution in [0.25, 0.3) is 0 Å². The lowest BCUT2D eigenvalue weighted by Crippen LogP contribution is -2.29. The molecule has 3 saturated heterocycles. The second-order valence-corrected chi connectivity index (χ2v) is 7.80. The minimum atomic E-state index is -3.04. The molecule has 2 bridgehead atoms. The van der Waals surface area contributed by atoms with E-state index in [9.17, 15) is 8.42 Å². The normalized spacial score (nSPS) is 39.4. The van der Waals surface area contributed by atoms with Gasteiger partial charge in [0.15, 0.2) is 0 Å². The highest BCUT2D eigenvalue weighted by molar-refractivity contribution is 7.89. The van der Waals surface area contributed by atoms with Gasteiger partial charge in [-0.1, -0.05) is 0 Å². The molecule has 0 radical (unpaired) electrons. The topological polar surface area (TPSA) is 58.6 Å². The molecule has 0 aromatic heterocycles. The molecule has 4 unspecified atom stereocenters. The van der Waals surface area contributed by atoms with Crippen molar-refractivity contribution >= 4 is 10.0 Å². The lowest BCUT2D eigenvalue weighted by atomic mass is 9.82. The third-order valence-corrected chi connectivity index (χ3v) is 6.17. The van der Waals surface area contributed by atoms with Crippen molar-refractivity contribution in [2.24, 2.45) is 11.8 Å². The van der Waals surface area contributed by atoms with Gasteiger partial charge in [0.2, 0.25) is 10.0 Å². The standard InChI is InChI=1S/C12H22N2O3S/c1-13-18(15,16)6-2-5-14-7-9-10(8-14)12-4-3-11(9)17-12/h9-13H,2-8H2,1H3. The predicted molar refractivity (Wildman–Crippen MR) is 68.8 cm³/mol. The van der Waals surface area contributed by atoms with E-state index in [0.29, 0.717) is 24.0 Å². The van der Waals surface area contributed by atoms with Gasteiger partial charge in [-0.05, 0) is 32.9 Å². The Bertz CT molecular complexity index is 394. The van der Waals surface area contributed by atoms with Gasteiger partial charge in [0.05, 0.1) is 18.0 Å². The Kier molecular flexibility index (Phi) is 3.38. The van der Waals surface area contributed by atoms with Gasteiger partial charge in [-0.25, -0.2) is 13.1 Å². The maximum atomic E-state index is 11.3. The molecule has 18 heavy (non-hydrogen) atoms. The van der Waals surface area contributed by atoms with Crippen LogP contribution in [0.3, 0.4) is 0 Å². The molecule has 1 N–H and O–H groups in total. The number of sulfonamides is 1. The van der Waals surface area contributed by atoms with Crippen LogP contribution >= 0.6 is 0 Å². The van der Waals surface area contributed by atoms with Crippen molar-refractivity contribution in [2.75, 3.05) is 32.4 Å². The van der Waals surface area contributed by atoms with Gasteiger partial charge < -0.3 is 9.64 Å². The molecule has 104 valence electrons. The third-order valence-electron chi connectivity index (χ3n) is 4.73. The lowest BCUT2D eigenvalue weighted by molar-refractivity contribution is 0.0706. The average Bonchev–Trinajstić information content (AvgIpc) is 3.00. The molecule has 4 atom stereocenters. The second kappa shape index (κ2) is 4.74. The Balaban J connectivity index is 1.46. The second-order valence-electron chi connectivity index (χ2n) is 5.75. The monoisotopic (exact) mass is 274 g/mol. The SMILES string of the molecule is CNS(=O)(=O)CCCN1CC2C3CCC(O3)C2C1. The van der Waals surface area contributed by atoms with E-state index in [1.165, 1.54) is 19.9 Å². The first-order chi connectivity index (χ1) is 8.59. The number of hydrogen-bond donors (Lipinski definition) is 1. The summed E-state index contributed by atoms with van der Waals surface area (Å²) in [6.07, 6.45) is 4.16. The Hall–Kier alpha value is -0.170.